The van der Waals surface area contributed by atoms with E-state index in [0.29, 0.717) is 17.7 Å². The molecule has 0 spiro atoms. The number of fused-ring (bicyclic) bond motifs is 1. The van der Waals surface area contributed by atoms with Crippen LogP contribution in [0.5, 0.6) is 5.75 Å². The lowest BCUT2D eigenvalue weighted by Gasteiger charge is -2.35. The van der Waals surface area contributed by atoms with E-state index in [1.807, 2.05) is 6.07 Å². The van der Waals surface area contributed by atoms with Crippen molar-refractivity contribution in [3.8, 4) is 5.75 Å². The second kappa shape index (κ2) is 8.87. The summed E-state index contributed by atoms with van der Waals surface area (Å²) < 4.78 is 43.2. The zero-order valence-electron chi connectivity index (χ0n) is 17.1. The fourth-order valence-corrected chi connectivity index (χ4v) is 4.60. The molecule has 2 heterocycles. The Hall–Kier alpha value is -3.60. The van der Waals surface area contributed by atoms with Crippen LogP contribution in [0.1, 0.15) is 30.7 Å². The number of H-pyrrole nitrogens is 1. The van der Waals surface area contributed by atoms with E-state index in [1.165, 1.54) is 0 Å². The number of ether oxygens (including phenoxy) is 2. The lowest BCUT2D eigenvalue weighted by molar-refractivity contribution is 0.164. The Kier molecular flexibility index (Phi) is 5.99. The van der Waals surface area contributed by atoms with Gasteiger partial charge in [0.05, 0.1) is 12.2 Å². The van der Waals surface area contributed by atoms with Gasteiger partial charge in [0.15, 0.2) is 0 Å². The normalized spacial score (nSPS) is 16.7. The standard InChI is InChI=1S/C21H21N3O7S/c1-14(19-22-23-20(25)31-19)11-16-12-24(17-9-5-6-10-18(17)30-16)32(27,28)21(26)29-13-15-7-3-2-4-8-15/h2-10,14,16H,11-13H2,1H3,(H,23,25)/t14-,16+/m1/s1. The third-order valence-electron chi connectivity index (χ3n) is 4.99. The summed E-state index contributed by atoms with van der Waals surface area (Å²) in [6.45, 7) is 1.50. The van der Waals surface area contributed by atoms with E-state index in [2.05, 4.69) is 10.2 Å². The van der Waals surface area contributed by atoms with Gasteiger partial charge in [-0.15, -0.1) is 5.10 Å². The minimum Gasteiger partial charge on any atom is -0.486 e. The maximum Gasteiger partial charge on any atom is 0.445 e. The monoisotopic (exact) mass is 459 g/mol. The number of carbonyl (C=O) groups excluding carboxylic acids is 1. The molecule has 0 saturated heterocycles. The van der Waals surface area contributed by atoms with Gasteiger partial charge in [-0.1, -0.05) is 49.4 Å². The van der Waals surface area contributed by atoms with Crippen LogP contribution in [0.15, 0.2) is 63.8 Å². The number of nitrogens with one attached hydrogen (secondary N) is 1. The molecule has 1 N–H and O–H groups in total. The first-order valence-electron chi connectivity index (χ1n) is 9.89. The Morgan fingerprint density at radius 2 is 1.94 bits per heavy atom. The Balaban J connectivity index is 1.54. The van der Waals surface area contributed by atoms with Gasteiger partial charge in [0.2, 0.25) is 5.89 Å². The summed E-state index contributed by atoms with van der Waals surface area (Å²) in [5.74, 6) is -0.501. The zero-order valence-corrected chi connectivity index (χ0v) is 17.9. The molecule has 1 aliphatic heterocycles. The van der Waals surface area contributed by atoms with E-state index in [4.69, 9.17) is 13.9 Å². The SMILES string of the molecule is C[C@H](C[C@H]1CN(S(=O)(=O)C(=O)OCc2ccccc2)c2ccccc2O1)c1n[nH]c(=O)o1. The van der Waals surface area contributed by atoms with Crippen molar-refractivity contribution in [1.29, 1.82) is 0 Å². The molecule has 0 saturated carbocycles. The van der Waals surface area contributed by atoms with Gasteiger partial charge in [-0.05, 0) is 24.1 Å². The highest BCUT2D eigenvalue weighted by molar-refractivity contribution is 8.06. The number of carbonyl (C=O) groups is 1. The lowest BCUT2D eigenvalue weighted by Crippen LogP contribution is -2.46. The second-order valence-corrected chi connectivity index (χ2v) is 9.08. The van der Waals surface area contributed by atoms with Crippen molar-refractivity contribution in [2.45, 2.75) is 32.0 Å². The highest BCUT2D eigenvalue weighted by atomic mass is 32.2. The molecule has 2 atom stereocenters. The zero-order chi connectivity index (χ0) is 22.7. The van der Waals surface area contributed by atoms with E-state index >= 15 is 0 Å². The third kappa shape index (κ3) is 4.52. The van der Waals surface area contributed by atoms with Gasteiger partial charge in [-0.3, -0.25) is 4.31 Å². The van der Waals surface area contributed by atoms with E-state index in [-0.39, 0.29) is 30.6 Å². The number of rotatable bonds is 6. The van der Waals surface area contributed by atoms with E-state index in [0.717, 1.165) is 4.31 Å². The number of aromatic amines is 1. The lowest BCUT2D eigenvalue weighted by atomic mass is 10.0. The Labute approximate surface area is 183 Å². The van der Waals surface area contributed by atoms with Crippen molar-refractivity contribution in [2.75, 3.05) is 10.8 Å². The molecule has 11 heteroatoms. The largest absolute Gasteiger partial charge is 0.486 e. The van der Waals surface area contributed by atoms with Crippen LogP contribution in [0.25, 0.3) is 0 Å². The number of nitrogens with zero attached hydrogens (tertiary/aromatic N) is 2. The highest BCUT2D eigenvalue weighted by Crippen LogP contribution is 2.37. The van der Waals surface area contributed by atoms with Gasteiger partial charge >= 0.3 is 21.1 Å². The summed E-state index contributed by atoms with van der Waals surface area (Å²) in [5.41, 5.74) is 0.921. The number of aromatic nitrogens is 2. The fraction of sp³-hybridized carbons (Fsp3) is 0.286. The van der Waals surface area contributed by atoms with Crippen molar-refractivity contribution in [3.05, 3.63) is 76.6 Å². The topological polar surface area (TPSA) is 132 Å². The molecule has 0 unspecified atom stereocenters. The van der Waals surface area contributed by atoms with Crippen molar-refractivity contribution >= 4 is 21.0 Å². The van der Waals surface area contributed by atoms with Crippen LogP contribution in [0.2, 0.25) is 0 Å². The highest BCUT2D eigenvalue weighted by Gasteiger charge is 2.39. The van der Waals surface area contributed by atoms with Gasteiger partial charge in [0.1, 0.15) is 18.5 Å². The van der Waals surface area contributed by atoms with Crippen molar-refractivity contribution in [1.82, 2.24) is 10.2 Å². The third-order valence-corrected chi connectivity index (χ3v) is 6.46. The number of hydrogen-bond donors (Lipinski definition) is 1. The Bertz CT molecular complexity index is 1250. The van der Waals surface area contributed by atoms with Crippen LogP contribution in [0.3, 0.4) is 0 Å². The first kappa shape index (κ1) is 21.6. The quantitative estimate of drug-likeness (QED) is 0.557. The maximum atomic E-state index is 13.1. The maximum absolute atomic E-state index is 13.1. The smallest absolute Gasteiger partial charge is 0.445 e. The molecule has 32 heavy (non-hydrogen) atoms. The van der Waals surface area contributed by atoms with Crippen LogP contribution in [0, 0.1) is 0 Å². The average Bonchev–Trinajstić information content (AvgIpc) is 3.24. The van der Waals surface area contributed by atoms with E-state index < -0.39 is 27.2 Å². The Morgan fingerprint density at radius 3 is 2.66 bits per heavy atom. The predicted molar refractivity (Wildman–Crippen MR) is 114 cm³/mol. The first-order valence-corrected chi connectivity index (χ1v) is 11.3. The molecule has 1 aromatic heterocycles. The van der Waals surface area contributed by atoms with Crippen molar-refractivity contribution in [3.63, 3.8) is 0 Å². The number of hydrogen-bond acceptors (Lipinski definition) is 8. The van der Waals surface area contributed by atoms with E-state index in [1.54, 1.807) is 55.5 Å². The minimum atomic E-state index is -4.48. The number of para-hydroxylation sites is 2. The minimum absolute atomic E-state index is 0.112. The van der Waals surface area contributed by atoms with Crippen LogP contribution < -0.4 is 14.8 Å². The molecule has 0 radical (unpaired) electrons. The van der Waals surface area contributed by atoms with Crippen LogP contribution in [0.4, 0.5) is 10.5 Å². The summed E-state index contributed by atoms with van der Waals surface area (Å²) in [4.78, 5) is 23.8. The van der Waals surface area contributed by atoms with E-state index in [9.17, 15) is 18.0 Å². The summed E-state index contributed by atoms with van der Waals surface area (Å²) in [6, 6.07) is 15.3. The van der Waals surface area contributed by atoms with Crippen LogP contribution >= 0.6 is 0 Å². The number of anilines is 1. The average molecular weight is 459 g/mol. The van der Waals surface area contributed by atoms with Crippen LogP contribution in [-0.2, 0) is 21.4 Å². The molecule has 1 aliphatic rings. The van der Waals surface area contributed by atoms with Gasteiger partial charge in [0, 0.05) is 5.92 Å². The summed E-state index contributed by atoms with van der Waals surface area (Å²) >= 11 is 0. The van der Waals surface area contributed by atoms with Crippen molar-refractivity contribution < 1.29 is 27.1 Å². The molecule has 10 nitrogen and oxygen atoms in total. The molecule has 168 valence electrons. The molecule has 0 fully saturated rings. The molecule has 3 aromatic rings. The fourth-order valence-electron chi connectivity index (χ4n) is 3.44. The van der Waals surface area contributed by atoms with Crippen molar-refractivity contribution in [2.24, 2.45) is 0 Å². The number of benzene rings is 2. The van der Waals surface area contributed by atoms with Gasteiger partial charge < -0.3 is 13.9 Å². The molecule has 0 bridgehead atoms. The summed E-state index contributed by atoms with van der Waals surface area (Å²) in [5, 5.41) is 4.66. The van der Waals surface area contributed by atoms with Gasteiger partial charge in [-0.2, -0.15) is 8.42 Å². The molecule has 4 rings (SSSR count). The van der Waals surface area contributed by atoms with Crippen LogP contribution in [-0.4, -0.2) is 36.6 Å². The predicted octanol–water partition coefficient (Wildman–Crippen LogP) is 2.79. The molecular formula is C21H21N3O7S. The molecule has 2 aromatic carbocycles. The van der Waals surface area contributed by atoms with Gasteiger partial charge in [0.25, 0.3) is 0 Å². The molecule has 0 aliphatic carbocycles. The Morgan fingerprint density at radius 1 is 1.22 bits per heavy atom. The van der Waals surface area contributed by atoms with Gasteiger partial charge in [-0.25, -0.2) is 14.7 Å². The number of sulfonamides is 1. The molecular weight excluding hydrogens is 438 g/mol. The summed E-state index contributed by atoms with van der Waals surface area (Å²) in [6.07, 6.45) is -0.314. The second-order valence-electron chi connectivity index (χ2n) is 7.36. The summed E-state index contributed by atoms with van der Waals surface area (Å²) in [7, 11) is -4.48. The first-order chi connectivity index (χ1) is 15.3. The molecule has 0 amide bonds.